The highest BCUT2D eigenvalue weighted by Crippen LogP contribution is 2.21. The molecule has 0 aliphatic rings. The molecular formula is C12H15N3O. The van der Waals surface area contributed by atoms with Gasteiger partial charge in [0.05, 0.1) is 5.69 Å². The summed E-state index contributed by atoms with van der Waals surface area (Å²) in [4.78, 5) is 7.36. The van der Waals surface area contributed by atoms with Gasteiger partial charge in [-0.05, 0) is 26.0 Å². The Labute approximate surface area is 94.5 Å². The number of rotatable bonds is 3. The van der Waals surface area contributed by atoms with Crippen molar-refractivity contribution in [2.24, 2.45) is 5.73 Å². The molecule has 4 nitrogen and oxygen atoms in total. The van der Waals surface area contributed by atoms with E-state index in [-0.39, 0.29) is 6.04 Å². The number of ether oxygens (including phenoxy) is 1. The topological polar surface area (TPSA) is 63.9 Å². The quantitative estimate of drug-likeness (QED) is 0.830. The van der Waals surface area contributed by atoms with Crippen LogP contribution in [0.5, 0.6) is 11.8 Å². The number of nitrogens with zero attached hydrogens (tertiary/aromatic N) is 1. The summed E-state index contributed by atoms with van der Waals surface area (Å²) >= 11 is 0. The average Bonchev–Trinajstić information content (AvgIpc) is 2.61. The molecule has 0 saturated carbocycles. The van der Waals surface area contributed by atoms with Gasteiger partial charge < -0.3 is 15.5 Å². The van der Waals surface area contributed by atoms with Crippen LogP contribution < -0.4 is 10.5 Å². The molecule has 1 aromatic heterocycles. The van der Waals surface area contributed by atoms with Crippen LogP contribution in [-0.4, -0.2) is 9.97 Å². The van der Waals surface area contributed by atoms with E-state index in [1.807, 2.05) is 44.2 Å². The van der Waals surface area contributed by atoms with Crippen molar-refractivity contribution in [2.75, 3.05) is 0 Å². The third kappa shape index (κ3) is 2.23. The molecule has 84 valence electrons. The molecule has 3 N–H and O–H groups in total. The van der Waals surface area contributed by atoms with Crippen LogP contribution in [0, 0.1) is 6.92 Å². The first-order valence-corrected chi connectivity index (χ1v) is 5.22. The zero-order valence-corrected chi connectivity index (χ0v) is 9.40. The molecule has 1 aromatic carbocycles. The van der Waals surface area contributed by atoms with Crippen LogP contribution in [0.1, 0.15) is 24.4 Å². The van der Waals surface area contributed by atoms with Crippen LogP contribution in [0.15, 0.2) is 30.3 Å². The molecule has 1 unspecified atom stereocenters. The lowest BCUT2D eigenvalue weighted by molar-refractivity contribution is 0.445. The molecule has 4 heteroatoms. The Bertz CT molecular complexity index is 462. The predicted molar refractivity (Wildman–Crippen MR) is 62.4 cm³/mol. The van der Waals surface area contributed by atoms with Gasteiger partial charge in [0.2, 0.25) is 0 Å². The molecular weight excluding hydrogens is 202 g/mol. The van der Waals surface area contributed by atoms with Gasteiger partial charge in [-0.3, -0.25) is 0 Å². The Hall–Kier alpha value is -1.81. The van der Waals surface area contributed by atoms with Gasteiger partial charge in [-0.25, -0.2) is 0 Å². The normalized spacial score (nSPS) is 12.4. The minimum atomic E-state index is -0.0932. The zero-order chi connectivity index (χ0) is 11.5. The largest absolute Gasteiger partial charge is 0.426 e. The molecule has 0 spiro atoms. The highest BCUT2D eigenvalue weighted by molar-refractivity contribution is 5.26. The number of aromatic amines is 1. The van der Waals surface area contributed by atoms with E-state index in [0.717, 1.165) is 17.1 Å². The summed E-state index contributed by atoms with van der Waals surface area (Å²) in [6, 6.07) is 9.91. The maximum absolute atomic E-state index is 5.78. The van der Waals surface area contributed by atoms with Gasteiger partial charge in [0.25, 0.3) is 6.01 Å². The first kappa shape index (κ1) is 10.7. The number of H-pyrrole nitrogens is 1. The fraction of sp³-hybridized carbons (Fsp3) is 0.250. The number of hydrogen-bond acceptors (Lipinski definition) is 3. The first-order chi connectivity index (χ1) is 7.66. The number of benzene rings is 1. The van der Waals surface area contributed by atoms with Gasteiger partial charge in [0.1, 0.15) is 5.75 Å². The molecule has 0 saturated heterocycles. The maximum atomic E-state index is 5.78. The van der Waals surface area contributed by atoms with E-state index in [9.17, 15) is 0 Å². The fourth-order valence-electron chi connectivity index (χ4n) is 1.54. The number of para-hydroxylation sites is 1. The summed E-state index contributed by atoms with van der Waals surface area (Å²) in [6.07, 6.45) is 0. The molecule has 2 aromatic rings. The number of aryl methyl sites for hydroxylation is 1. The molecule has 1 heterocycles. The first-order valence-electron chi connectivity index (χ1n) is 5.22. The van der Waals surface area contributed by atoms with Gasteiger partial charge in [0.15, 0.2) is 0 Å². The van der Waals surface area contributed by atoms with Gasteiger partial charge in [0, 0.05) is 11.7 Å². The minimum absolute atomic E-state index is 0.0932. The number of imidazole rings is 1. The van der Waals surface area contributed by atoms with E-state index >= 15 is 0 Å². The number of nitrogens with one attached hydrogen (secondary N) is 1. The van der Waals surface area contributed by atoms with Crippen molar-refractivity contribution in [3.63, 3.8) is 0 Å². The molecule has 0 amide bonds. The highest BCUT2D eigenvalue weighted by Gasteiger charge is 2.11. The minimum Gasteiger partial charge on any atom is -0.426 e. The summed E-state index contributed by atoms with van der Waals surface area (Å²) in [5.74, 6) is 0.757. The van der Waals surface area contributed by atoms with Crippen LogP contribution in [0.2, 0.25) is 0 Å². The lowest BCUT2D eigenvalue weighted by Crippen LogP contribution is -2.06. The third-order valence-electron chi connectivity index (χ3n) is 2.29. The van der Waals surface area contributed by atoms with Crippen LogP contribution in [0.4, 0.5) is 0 Å². The monoisotopic (exact) mass is 217 g/mol. The maximum Gasteiger partial charge on any atom is 0.299 e. The standard InChI is InChI=1S/C12H15N3O/c1-8(13)11-9(2)14-12(15-11)16-10-6-4-3-5-7-10/h3-8H,13H2,1-2H3,(H,14,15). The van der Waals surface area contributed by atoms with Crippen LogP contribution in [-0.2, 0) is 0 Å². The van der Waals surface area contributed by atoms with E-state index < -0.39 is 0 Å². The average molecular weight is 217 g/mol. The second-order valence-corrected chi connectivity index (χ2v) is 3.76. The molecule has 0 aliphatic heterocycles. The summed E-state index contributed by atoms with van der Waals surface area (Å²) in [5, 5.41) is 0. The second-order valence-electron chi connectivity index (χ2n) is 3.76. The predicted octanol–water partition coefficient (Wildman–Crippen LogP) is 2.53. The van der Waals surface area contributed by atoms with E-state index in [1.54, 1.807) is 0 Å². The van der Waals surface area contributed by atoms with Gasteiger partial charge in [-0.2, -0.15) is 4.98 Å². The number of nitrogens with two attached hydrogens (primary N) is 1. The van der Waals surface area contributed by atoms with Gasteiger partial charge in [-0.15, -0.1) is 0 Å². The molecule has 2 rings (SSSR count). The van der Waals surface area contributed by atoms with Crippen LogP contribution >= 0.6 is 0 Å². The summed E-state index contributed by atoms with van der Waals surface area (Å²) < 4.78 is 5.57. The lowest BCUT2D eigenvalue weighted by Gasteiger charge is -2.00. The SMILES string of the molecule is Cc1[nH]c(Oc2ccccc2)nc1C(C)N. The Morgan fingerprint density at radius 1 is 1.31 bits per heavy atom. The van der Waals surface area contributed by atoms with Crippen molar-refractivity contribution in [3.8, 4) is 11.8 Å². The van der Waals surface area contributed by atoms with Crippen molar-refractivity contribution in [1.82, 2.24) is 9.97 Å². The van der Waals surface area contributed by atoms with Crippen molar-refractivity contribution < 1.29 is 4.74 Å². The Balaban J connectivity index is 2.20. The summed E-state index contributed by atoms with van der Waals surface area (Å²) in [7, 11) is 0. The fourth-order valence-corrected chi connectivity index (χ4v) is 1.54. The Morgan fingerprint density at radius 3 is 2.56 bits per heavy atom. The zero-order valence-electron chi connectivity index (χ0n) is 9.40. The molecule has 0 bridgehead atoms. The second kappa shape index (κ2) is 4.37. The van der Waals surface area contributed by atoms with Crippen LogP contribution in [0.25, 0.3) is 0 Å². The number of hydrogen-bond donors (Lipinski definition) is 2. The van der Waals surface area contributed by atoms with E-state index in [2.05, 4.69) is 9.97 Å². The van der Waals surface area contributed by atoms with E-state index in [0.29, 0.717) is 6.01 Å². The van der Waals surface area contributed by atoms with Crippen LogP contribution in [0.3, 0.4) is 0 Å². The van der Waals surface area contributed by atoms with Gasteiger partial charge in [-0.1, -0.05) is 18.2 Å². The van der Waals surface area contributed by atoms with Crippen molar-refractivity contribution >= 4 is 0 Å². The molecule has 0 aliphatic carbocycles. The van der Waals surface area contributed by atoms with E-state index in [1.165, 1.54) is 0 Å². The Morgan fingerprint density at radius 2 is 2.00 bits per heavy atom. The van der Waals surface area contributed by atoms with Crippen molar-refractivity contribution in [1.29, 1.82) is 0 Å². The van der Waals surface area contributed by atoms with Gasteiger partial charge >= 0.3 is 0 Å². The van der Waals surface area contributed by atoms with Crippen molar-refractivity contribution in [2.45, 2.75) is 19.9 Å². The summed E-state index contributed by atoms with van der Waals surface area (Å²) in [5.41, 5.74) is 7.57. The lowest BCUT2D eigenvalue weighted by atomic mass is 10.2. The third-order valence-corrected chi connectivity index (χ3v) is 2.29. The molecule has 1 atom stereocenters. The molecule has 16 heavy (non-hydrogen) atoms. The molecule has 0 fully saturated rings. The molecule has 0 radical (unpaired) electrons. The number of aromatic nitrogens is 2. The highest BCUT2D eigenvalue weighted by atomic mass is 16.5. The van der Waals surface area contributed by atoms with Crippen molar-refractivity contribution in [3.05, 3.63) is 41.7 Å². The summed E-state index contributed by atoms with van der Waals surface area (Å²) in [6.45, 7) is 3.83. The smallest absolute Gasteiger partial charge is 0.299 e. The van der Waals surface area contributed by atoms with E-state index in [4.69, 9.17) is 10.5 Å². The Kier molecular flexibility index (Phi) is 2.92.